The highest BCUT2D eigenvalue weighted by Crippen LogP contribution is 2.31. The predicted octanol–water partition coefficient (Wildman–Crippen LogP) is 5.61. The maximum Gasteiger partial charge on any atom is 0.220 e. The van der Waals surface area contributed by atoms with Gasteiger partial charge in [-0.05, 0) is 42.8 Å². The average Bonchev–Trinajstić information content (AvgIpc) is 3.15. The Morgan fingerprint density at radius 2 is 2.07 bits per heavy atom. The van der Waals surface area contributed by atoms with Crippen molar-refractivity contribution < 1.29 is 18.3 Å². The molecule has 1 atom stereocenters. The summed E-state index contributed by atoms with van der Waals surface area (Å²) in [7, 11) is 1.40. The normalized spacial score (nSPS) is 11.9. The minimum atomic E-state index is -0.473. The summed E-state index contributed by atoms with van der Waals surface area (Å²) in [4.78, 5) is 16.4. The smallest absolute Gasteiger partial charge is 0.220 e. The van der Waals surface area contributed by atoms with Crippen LogP contribution in [-0.4, -0.2) is 18.0 Å². The summed E-state index contributed by atoms with van der Waals surface area (Å²) in [6.45, 7) is 1.78. The number of hydrogen-bond donors (Lipinski definition) is 1. The van der Waals surface area contributed by atoms with E-state index in [0.29, 0.717) is 39.2 Å². The number of aryl methyl sites for hydroxylation is 1. The fourth-order valence-corrected chi connectivity index (χ4v) is 3.31. The van der Waals surface area contributed by atoms with E-state index < -0.39 is 5.82 Å². The van der Waals surface area contributed by atoms with Gasteiger partial charge in [-0.15, -0.1) is 0 Å². The number of hydrogen-bond acceptors (Lipinski definition) is 4. The molecule has 1 aromatic heterocycles. The second-order valence-corrected chi connectivity index (χ2v) is 7.27. The number of carbonyl (C=O) groups excluding carboxylic acids is 1. The molecule has 1 amide bonds. The van der Waals surface area contributed by atoms with Crippen molar-refractivity contribution in [2.24, 2.45) is 0 Å². The summed E-state index contributed by atoms with van der Waals surface area (Å²) in [5, 5.41) is 3.82. The summed E-state index contributed by atoms with van der Waals surface area (Å²) in [6.07, 6.45) is 2.06. The quantitative estimate of drug-likeness (QED) is 0.522. The van der Waals surface area contributed by atoms with Gasteiger partial charge < -0.3 is 14.5 Å². The average molecular weight is 437 g/mol. The number of aromatic nitrogens is 1. The number of carbonyl (C=O) groups is 1. The molecule has 0 saturated carbocycles. The molecule has 152 valence electrons. The van der Waals surface area contributed by atoms with Crippen LogP contribution in [0.5, 0.6) is 5.75 Å². The van der Waals surface area contributed by atoms with Crippen LogP contribution in [-0.2, 0) is 11.2 Å². The Morgan fingerprint density at radius 1 is 1.28 bits per heavy atom. The molecule has 0 spiro atoms. The Morgan fingerprint density at radius 3 is 2.76 bits per heavy atom. The second-order valence-electron chi connectivity index (χ2n) is 6.43. The molecule has 8 heteroatoms. The monoisotopic (exact) mass is 436 g/mol. The number of nitrogens with zero attached hydrogens (tertiary/aromatic N) is 1. The highest BCUT2D eigenvalue weighted by atomic mass is 35.5. The fraction of sp³-hybridized carbons (Fsp3) is 0.238. The van der Waals surface area contributed by atoms with Crippen molar-refractivity contribution in [3.05, 3.63) is 69.9 Å². The molecule has 3 aromatic rings. The lowest BCUT2D eigenvalue weighted by atomic mass is 10.1. The van der Waals surface area contributed by atoms with Crippen LogP contribution in [0, 0.1) is 5.82 Å². The van der Waals surface area contributed by atoms with E-state index in [2.05, 4.69) is 10.3 Å². The van der Waals surface area contributed by atoms with Gasteiger partial charge in [0.25, 0.3) is 0 Å². The van der Waals surface area contributed by atoms with Gasteiger partial charge in [-0.1, -0.05) is 29.3 Å². The van der Waals surface area contributed by atoms with E-state index >= 15 is 0 Å². The van der Waals surface area contributed by atoms with Crippen molar-refractivity contribution in [2.45, 2.75) is 25.8 Å². The van der Waals surface area contributed by atoms with Crippen molar-refractivity contribution in [3.63, 3.8) is 0 Å². The number of methoxy groups -OCH3 is 1. The van der Waals surface area contributed by atoms with Crippen LogP contribution in [0.4, 0.5) is 4.39 Å². The van der Waals surface area contributed by atoms with E-state index in [1.165, 1.54) is 19.2 Å². The van der Waals surface area contributed by atoms with Gasteiger partial charge in [-0.3, -0.25) is 4.79 Å². The molecule has 0 aliphatic rings. The van der Waals surface area contributed by atoms with Gasteiger partial charge in [0.2, 0.25) is 5.91 Å². The van der Waals surface area contributed by atoms with Crippen LogP contribution < -0.4 is 10.1 Å². The lowest BCUT2D eigenvalue weighted by molar-refractivity contribution is -0.121. The Kier molecular flexibility index (Phi) is 6.77. The Balaban J connectivity index is 1.57. The van der Waals surface area contributed by atoms with Gasteiger partial charge in [0.05, 0.1) is 24.4 Å². The first-order valence-electron chi connectivity index (χ1n) is 8.90. The van der Waals surface area contributed by atoms with E-state index in [1.807, 2.05) is 0 Å². The number of ether oxygens (including phenoxy) is 1. The number of amides is 1. The van der Waals surface area contributed by atoms with Gasteiger partial charge in [0, 0.05) is 23.4 Å². The molecule has 3 rings (SSSR count). The first-order valence-corrected chi connectivity index (χ1v) is 9.66. The fourth-order valence-electron chi connectivity index (χ4n) is 2.81. The summed E-state index contributed by atoms with van der Waals surface area (Å²) < 4.78 is 24.4. The zero-order chi connectivity index (χ0) is 21.0. The third-order valence-electron chi connectivity index (χ3n) is 4.37. The van der Waals surface area contributed by atoms with E-state index in [4.69, 9.17) is 32.4 Å². The van der Waals surface area contributed by atoms with Crippen molar-refractivity contribution >= 4 is 29.1 Å². The molecule has 0 radical (unpaired) electrons. The minimum Gasteiger partial charge on any atom is -0.494 e. The summed E-state index contributed by atoms with van der Waals surface area (Å²) >= 11 is 12.1. The summed E-state index contributed by atoms with van der Waals surface area (Å²) in [5.74, 6) is 0.415. The van der Waals surface area contributed by atoms with Gasteiger partial charge in [0.1, 0.15) is 0 Å². The SMILES string of the molecule is COc1ccc(C(C)NC(=O)CCc2ncc(-c3ccc(Cl)cc3Cl)o2)cc1F. The zero-order valence-electron chi connectivity index (χ0n) is 15.8. The molecule has 29 heavy (non-hydrogen) atoms. The summed E-state index contributed by atoms with van der Waals surface area (Å²) in [5.41, 5.74) is 1.32. The molecule has 2 aromatic carbocycles. The van der Waals surface area contributed by atoms with Crippen molar-refractivity contribution in [2.75, 3.05) is 7.11 Å². The van der Waals surface area contributed by atoms with Gasteiger partial charge in [0.15, 0.2) is 23.2 Å². The Labute approximate surface area is 177 Å². The third-order valence-corrected chi connectivity index (χ3v) is 4.92. The van der Waals surface area contributed by atoms with Crippen LogP contribution in [0.1, 0.15) is 30.8 Å². The minimum absolute atomic E-state index is 0.160. The Bertz CT molecular complexity index is 1020. The van der Waals surface area contributed by atoms with Crippen LogP contribution in [0.15, 0.2) is 47.0 Å². The maximum atomic E-state index is 13.8. The van der Waals surface area contributed by atoms with E-state index in [-0.39, 0.29) is 24.1 Å². The van der Waals surface area contributed by atoms with Crippen molar-refractivity contribution in [3.8, 4) is 17.1 Å². The predicted molar refractivity (Wildman–Crippen MR) is 110 cm³/mol. The van der Waals surface area contributed by atoms with Crippen LogP contribution in [0.2, 0.25) is 10.0 Å². The maximum absolute atomic E-state index is 13.8. The van der Waals surface area contributed by atoms with Crippen molar-refractivity contribution in [1.82, 2.24) is 10.3 Å². The number of rotatable bonds is 7. The molecule has 0 fully saturated rings. The third kappa shape index (κ3) is 5.28. The van der Waals surface area contributed by atoms with E-state index in [1.54, 1.807) is 37.4 Å². The number of halogens is 3. The lowest BCUT2D eigenvalue weighted by Crippen LogP contribution is -2.26. The number of nitrogens with one attached hydrogen (secondary N) is 1. The molecule has 1 heterocycles. The highest BCUT2D eigenvalue weighted by molar-refractivity contribution is 6.36. The molecular weight excluding hydrogens is 418 g/mol. The van der Waals surface area contributed by atoms with Gasteiger partial charge in [-0.25, -0.2) is 9.37 Å². The van der Waals surface area contributed by atoms with Gasteiger partial charge >= 0.3 is 0 Å². The van der Waals surface area contributed by atoms with Crippen molar-refractivity contribution in [1.29, 1.82) is 0 Å². The number of benzene rings is 2. The van der Waals surface area contributed by atoms with Crippen LogP contribution in [0.3, 0.4) is 0 Å². The van der Waals surface area contributed by atoms with Gasteiger partial charge in [-0.2, -0.15) is 0 Å². The zero-order valence-corrected chi connectivity index (χ0v) is 17.4. The molecule has 0 aliphatic carbocycles. The topological polar surface area (TPSA) is 64.4 Å². The molecule has 0 bridgehead atoms. The first kappa shape index (κ1) is 21.1. The van der Waals surface area contributed by atoms with Crippen LogP contribution >= 0.6 is 23.2 Å². The standard InChI is InChI=1S/C21H19Cl2FN2O3/c1-12(13-3-6-18(28-2)17(24)9-13)26-20(27)7-8-21-25-11-19(29-21)15-5-4-14(22)10-16(15)23/h3-6,9-12H,7-8H2,1-2H3,(H,26,27). The second kappa shape index (κ2) is 9.29. The molecule has 5 nitrogen and oxygen atoms in total. The first-order chi connectivity index (χ1) is 13.9. The van der Waals surface area contributed by atoms with Crippen LogP contribution in [0.25, 0.3) is 11.3 Å². The highest BCUT2D eigenvalue weighted by Gasteiger charge is 2.15. The molecule has 1 unspecified atom stereocenters. The lowest BCUT2D eigenvalue weighted by Gasteiger charge is -2.15. The van der Waals surface area contributed by atoms with E-state index in [0.717, 1.165) is 0 Å². The summed E-state index contributed by atoms with van der Waals surface area (Å²) in [6, 6.07) is 9.32. The molecule has 0 aliphatic heterocycles. The Hall–Kier alpha value is -2.57. The van der Waals surface area contributed by atoms with E-state index in [9.17, 15) is 9.18 Å². The largest absolute Gasteiger partial charge is 0.494 e. The molecular formula is C21H19Cl2FN2O3. The molecule has 1 N–H and O–H groups in total. The number of oxazole rings is 1. The molecule has 0 saturated heterocycles.